The topological polar surface area (TPSA) is 74.6 Å². The van der Waals surface area contributed by atoms with E-state index in [9.17, 15) is 24.2 Å². The average molecular weight is 352 g/mol. The lowest BCUT2D eigenvalue weighted by Gasteiger charge is -2.22. The zero-order chi connectivity index (χ0) is 19.1. The van der Waals surface area contributed by atoms with Gasteiger partial charge in [0.25, 0.3) is 0 Å². The molecule has 0 saturated heterocycles. The zero-order valence-electron chi connectivity index (χ0n) is 15.5. The Balaban J connectivity index is 3.33. The Morgan fingerprint density at radius 3 is 1.80 bits per heavy atom. The van der Waals surface area contributed by atoms with Crippen LogP contribution in [0.25, 0.3) is 0 Å². The van der Waals surface area contributed by atoms with E-state index in [4.69, 9.17) is 0 Å². The molecule has 0 fully saturated rings. The molecule has 0 bridgehead atoms. The number of aliphatic carboxylic acids is 2. The third kappa shape index (κ3) is 6.15. The molecule has 0 aromatic heterocycles. The highest BCUT2D eigenvalue weighted by molar-refractivity contribution is 5.80. The van der Waals surface area contributed by atoms with Crippen LogP contribution in [-0.2, 0) is 9.59 Å². The van der Waals surface area contributed by atoms with Crippen LogP contribution < -0.4 is 0 Å². The van der Waals surface area contributed by atoms with Gasteiger partial charge in [0, 0.05) is 5.56 Å². The van der Waals surface area contributed by atoms with E-state index in [2.05, 4.69) is 0 Å². The Labute approximate surface area is 149 Å². The first-order valence-corrected chi connectivity index (χ1v) is 8.89. The second kappa shape index (κ2) is 9.54. The van der Waals surface area contributed by atoms with Gasteiger partial charge in [-0.25, -0.2) is 4.39 Å². The Morgan fingerprint density at radius 1 is 0.880 bits per heavy atom. The number of hydrogen-bond donors (Lipinski definition) is 2. The van der Waals surface area contributed by atoms with E-state index in [1.165, 1.54) is 12.1 Å². The Hall–Kier alpha value is -1.91. The Kier molecular flexibility index (Phi) is 8.07. The second-order valence-corrected chi connectivity index (χ2v) is 7.47. The second-order valence-electron chi connectivity index (χ2n) is 7.47. The van der Waals surface area contributed by atoms with Crippen molar-refractivity contribution < 1.29 is 24.2 Å². The van der Waals surface area contributed by atoms with Gasteiger partial charge in [-0.15, -0.1) is 0 Å². The van der Waals surface area contributed by atoms with E-state index < -0.39 is 29.6 Å². The van der Waals surface area contributed by atoms with Gasteiger partial charge in [0.15, 0.2) is 0 Å². The maximum Gasteiger partial charge on any atom is 0.311 e. The first-order chi connectivity index (χ1) is 11.6. The molecule has 0 aliphatic carbocycles. The molecule has 0 heterocycles. The van der Waals surface area contributed by atoms with E-state index in [1.807, 2.05) is 27.7 Å². The van der Waals surface area contributed by atoms with Crippen LogP contribution in [0.5, 0.6) is 0 Å². The fraction of sp³-hybridized carbons (Fsp3) is 0.600. The van der Waals surface area contributed by atoms with Gasteiger partial charge in [-0.2, -0.15) is 0 Å². The molecule has 1 rings (SSSR count). The van der Waals surface area contributed by atoms with E-state index in [0.29, 0.717) is 30.7 Å². The van der Waals surface area contributed by atoms with Crippen molar-refractivity contribution >= 4 is 11.9 Å². The highest BCUT2D eigenvalue weighted by Crippen LogP contribution is 2.35. The van der Waals surface area contributed by atoms with E-state index in [1.54, 1.807) is 6.07 Å². The maximum absolute atomic E-state index is 14.6. The van der Waals surface area contributed by atoms with Crippen molar-refractivity contribution in [2.24, 2.45) is 11.8 Å². The summed E-state index contributed by atoms with van der Waals surface area (Å²) in [4.78, 5) is 23.5. The van der Waals surface area contributed by atoms with E-state index in [-0.39, 0.29) is 17.9 Å². The smallest absolute Gasteiger partial charge is 0.311 e. The molecule has 0 radical (unpaired) electrons. The van der Waals surface area contributed by atoms with Crippen molar-refractivity contribution in [3.63, 3.8) is 0 Å². The predicted molar refractivity (Wildman–Crippen MR) is 95.3 cm³/mol. The van der Waals surface area contributed by atoms with Gasteiger partial charge >= 0.3 is 11.9 Å². The minimum absolute atomic E-state index is 0.0341. The lowest BCUT2D eigenvalue weighted by molar-refractivity contribution is -0.140. The van der Waals surface area contributed by atoms with Crippen LogP contribution >= 0.6 is 0 Å². The highest BCUT2D eigenvalue weighted by Gasteiger charge is 2.31. The monoisotopic (exact) mass is 352 g/mol. The molecule has 25 heavy (non-hydrogen) atoms. The van der Waals surface area contributed by atoms with Gasteiger partial charge in [-0.1, -0.05) is 39.8 Å². The molecule has 1 aromatic carbocycles. The quantitative estimate of drug-likeness (QED) is 0.619. The van der Waals surface area contributed by atoms with Crippen LogP contribution in [0.2, 0.25) is 0 Å². The van der Waals surface area contributed by atoms with Gasteiger partial charge in [0.05, 0.1) is 11.8 Å². The predicted octanol–water partition coefficient (Wildman–Crippen LogP) is 5.03. The summed E-state index contributed by atoms with van der Waals surface area (Å²) in [6.45, 7) is 7.94. The maximum atomic E-state index is 14.6. The van der Waals surface area contributed by atoms with Crippen LogP contribution in [-0.4, -0.2) is 22.2 Å². The summed E-state index contributed by atoms with van der Waals surface area (Å²) in [5.74, 6) is -4.11. The number of carbonyl (C=O) groups is 2. The van der Waals surface area contributed by atoms with Crippen molar-refractivity contribution in [3.05, 3.63) is 35.1 Å². The lowest BCUT2D eigenvalue weighted by Crippen LogP contribution is -2.21. The molecule has 140 valence electrons. The largest absolute Gasteiger partial charge is 0.481 e. The lowest BCUT2D eigenvalue weighted by atomic mass is 9.81. The number of benzene rings is 1. The summed E-state index contributed by atoms with van der Waals surface area (Å²) in [7, 11) is 0. The van der Waals surface area contributed by atoms with Gasteiger partial charge in [-0.3, -0.25) is 9.59 Å². The average Bonchev–Trinajstić information content (AvgIpc) is 2.48. The van der Waals surface area contributed by atoms with Gasteiger partial charge in [0.2, 0.25) is 0 Å². The van der Waals surface area contributed by atoms with Crippen molar-refractivity contribution in [1.82, 2.24) is 0 Å². The standard InChI is InChI=1S/C20H29FO4/c1-12(2)8-10-15(19(22)23)14-6-5-7-17(21)18(14)16(20(24)25)11-9-13(3)4/h5-7,12-13,15-16H,8-11H2,1-4H3,(H,22,23)(H,24,25). The van der Waals surface area contributed by atoms with Crippen molar-refractivity contribution in [2.45, 2.75) is 65.2 Å². The summed E-state index contributed by atoms with van der Waals surface area (Å²) in [5, 5.41) is 19.2. The van der Waals surface area contributed by atoms with Crippen molar-refractivity contribution in [3.8, 4) is 0 Å². The molecule has 0 spiro atoms. The number of carboxylic acids is 2. The fourth-order valence-corrected chi connectivity index (χ4v) is 3.03. The van der Waals surface area contributed by atoms with Gasteiger partial charge < -0.3 is 10.2 Å². The highest BCUT2D eigenvalue weighted by atomic mass is 19.1. The molecular formula is C20H29FO4. The van der Waals surface area contributed by atoms with E-state index in [0.717, 1.165) is 0 Å². The molecule has 2 N–H and O–H groups in total. The van der Waals surface area contributed by atoms with Gasteiger partial charge in [-0.05, 0) is 49.1 Å². The summed E-state index contributed by atoms with van der Waals surface area (Å²) < 4.78 is 14.6. The molecule has 0 saturated carbocycles. The summed E-state index contributed by atoms with van der Waals surface area (Å²) in [6.07, 6.45) is 1.96. The molecule has 1 aromatic rings. The fourth-order valence-electron chi connectivity index (χ4n) is 3.03. The van der Waals surface area contributed by atoms with Crippen LogP contribution in [0.4, 0.5) is 4.39 Å². The van der Waals surface area contributed by atoms with Crippen LogP contribution in [0.3, 0.4) is 0 Å². The molecular weight excluding hydrogens is 323 g/mol. The SMILES string of the molecule is CC(C)CCC(C(=O)O)c1cccc(F)c1C(CCC(C)C)C(=O)O. The molecule has 0 aliphatic rings. The van der Waals surface area contributed by atoms with E-state index >= 15 is 0 Å². The van der Waals surface area contributed by atoms with Crippen molar-refractivity contribution in [2.75, 3.05) is 0 Å². The molecule has 2 unspecified atom stereocenters. The minimum Gasteiger partial charge on any atom is -0.481 e. The minimum atomic E-state index is -1.11. The zero-order valence-corrected chi connectivity index (χ0v) is 15.5. The number of carboxylic acid groups (broad SMARTS) is 2. The molecule has 5 heteroatoms. The summed E-state index contributed by atoms with van der Waals surface area (Å²) in [5.41, 5.74) is 0.330. The Bertz CT molecular complexity index is 595. The van der Waals surface area contributed by atoms with Crippen LogP contribution in [0, 0.1) is 17.7 Å². The summed E-state index contributed by atoms with van der Waals surface area (Å²) >= 11 is 0. The number of hydrogen-bond acceptors (Lipinski definition) is 2. The molecule has 2 atom stereocenters. The molecule has 4 nitrogen and oxygen atoms in total. The number of rotatable bonds is 10. The number of halogens is 1. The first kappa shape index (κ1) is 21.1. The van der Waals surface area contributed by atoms with Crippen LogP contribution in [0.1, 0.15) is 76.3 Å². The molecule has 0 amide bonds. The normalized spacial score (nSPS) is 13.9. The van der Waals surface area contributed by atoms with Crippen molar-refractivity contribution in [1.29, 1.82) is 0 Å². The Morgan fingerprint density at radius 2 is 1.36 bits per heavy atom. The van der Waals surface area contributed by atoms with Gasteiger partial charge in [0.1, 0.15) is 5.82 Å². The summed E-state index contributed by atoms with van der Waals surface area (Å²) in [6, 6.07) is 4.23. The first-order valence-electron chi connectivity index (χ1n) is 8.89. The molecule has 0 aliphatic heterocycles. The van der Waals surface area contributed by atoms with Crippen LogP contribution in [0.15, 0.2) is 18.2 Å². The third-order valence-electron chi connectivity index (χ3n) is 4.47. The third-order valence-corrected chi connectivity index (χ3v) is 4.47.